The Morgan fingerprint density at radius 2 is 2.12 bits per heavy atom. The largest absolute Gasteiger partial charge is 0.491 e. The Hall–Kier alpha value is -1.22. The Morgan fingerprint density at radius 1 is 1.35 bits per heavy atom. The summed E-state index contributed by atoms with van der Waals surface area (Å²) in [5.74, 6) is 0.945. The van der Waals surface area contributed by atoms with Crippen LogP contribution in [-0.2, 0) is 0 Å². The Labute approximate surface area is 105 Å². The van der Waals surface area contributed by atoms with Gasteiger partial charge in [-0.25, -0.2) is 0 Å². The number of benzene rings is 1. The number of nitrogens with one attached hydrogen (secondary N) is 1. The van der Waals surface area contributed by atoms with E-state index < -0.39 is 0 Å². The molecule has 0 amide bonds. The molecule has 96 valence electrons. The van der Waals surface area contributed by atoms with Crippen molar-refractivity contribution >= 4 is 5.69 Å². The van der Waals surface area contributed by atoms with Gasteiger partial charge in [0.2, 0.25) is 0 Å². The molecule has 0 aromatic heterocycles. The van der Waals surface area contributed by atoms with Gasteiger partial charge in [-0.1, -0.05) is 13.0 Å². The van der Waals surface area contributed by atoms with Gasteiger partial charge in [-0.2, -0.15) is 0 Å². The minimum Gasteiger partial charge on any atom is -0.491 e. The number of nitrogens with zero attached hydrogens (tertiary/aromatic N) is 1. The van der Waals surface area contributed by atoms with E-state index in [9.17, 15) is 0 Å². The van der Waals surface area contributed by atoms with Gasteiger partial charge in [0, 0.05) is 25.8 Å². The van der Waals surface area contributed by atoms with Crippen molar-refractivity contribution in [1.29, 1.82) is 0 Å². The summed E-state index contributed by atoms with van der Waals surface area (Å²) in [5.41, 5.74) is 1.17. The number of ether oxygens (including phenoxy) is 1. The maximum absolute atomic E-state index is 5.89. The first kappa shape index (κ1) is 13.8. The first-order chi connectivity index (χ1) is 8.13. The summed E-state index contributed by atoms with van der Waals surface area (Å²) in [6.45, 7) is 6.25. The van der Waals surface area contributed by atoms with Crippen LogP contribution < -0.4 is 15.0 Å². The van der Waals surface area contributed by atoms with E-state index in [0.717, 1.165) is 25.3 Å². The van der Waals surface area contributed by atoms with Crippen LogP contribution in [0.4, 0.5) is 5.69 Å². The predicted octanol–water partition coefficient (Wildman–Crippen LogP) is 2.52. The maximum Gasteiger partial charge on any atom is 0.121 e. The van der Waals surface area contributed by atoms with Crippen LogP contribution in [0.2, 0.25) is 0 Å². The van der Waals surface area contributed by atoms with Crippen LogP contribution in [0.3, 0.4) is 0 Å². The van der Waals surface area contributed by atoms with Crippen LogP contribution in [-0.4, -0.2) is 33.3 Å². The van der Waals surface area contributed by atoms with E-state index in [1.807, 2.05) is 26.2 Å². The van der Waals surface area contributed by atoms with Gasteiger partial charge in [0.05, 0.1) is 6.10 Å². The Bertz CT molecular complexity index is 326. The second kappa shape index (κ2) is 7.17. The topological polar surface area (TPSA) is 24.5 Å². The van der Waals surface area contributed by atoms with Gasteiger partial charge in [0.15, 0.2) is 0 Å². The number of hydrogen-bond donors (Lipinski definition) is 1. The zero-order valence-corrected chi connectivity index (χ0v) is 11.4. The summed E-state index contributed by atoms with van der Waals surface area (Å²) in [6, 6.07) is 8.19. The standard InChI is InChI=1S/C14H24N2O/c1-5-15-10-9-12(2)17-14-8-6-7-13(11-14)16(3)4/h6-8,11-12,15H,5,9-10H2,1-4H3. The fourth-order valence-corrected chi connectivity index (χ4v) is 1.61. The lowest BCUT2D eigenvalue weighted by atomic mass is 10.2. The SMILES string of the molecule is CCNCCC(C)Oc1cccc(N(C)C)c1. The van der Waals surface area contributed by atoms with Crippen LogP contribution in [0.15, 0.2) is 24.3 Å². The smallest absolute Gasteiger partial charge is 0.121 e. The average molecular weight is 236 g/mol. The summed E-state index contributed by atoms with van der Waals surface area (Å²) in [6.07, 6.45) is 1.27. The maximum atomic E-state index is 5.89. The molecule has 0 fully saturated rings. The molecular weight excluding hydrogens is 212 g/mol. The van der Waals surface area contributed by atoms with Gasteiger partial charge in [0.25, 0.3) is 0 Å². The molecule has 3 heteroatoms. The van der Waals surface area contributed by atoms with Crippen molar-refractivity contribution in [1.82, 2.24) is 5.32 Å². The van der Waals surface area contributed by atoms with Crippen LogP contribution >= 0.6 is 0 Å². The highest BCUT2D eigenvalue weighted by Crippen LogP contribution is 2.20. The highest BCUT2D eigenvalue weighted by Gasteiger charge is 2.04. The Morgan fingerprint density at radius 3 is 2.76 bits per heavy atom. The zero-order valence-electron chi connectivity index (χ0n) is 11.4. The van der Waals surface area contributed by atoms with Gasteiger partial charge in [-0.05, 0) is 38.6 Å². The van der Waals surface area contributed by atoms with E-state index in [1.165, 1.54) is 5.69 Å². The molecule has 1 aromatic rings. The van der Waals surface area contributed by atoms with Gasteiger partial charge in [0.1, 0.15) is 5.75 Å². The molecule has 0 aliphatic heterocycles. The predicted molar refractivity (Wildman–Crippen MR) is 74.0 cm³/mol. The molecular formula is C14H24N2O. The molecule has 0 bridgehead atoms. The van der Waals surface area contributed by atoms with Crippen molar-refractivity contribution in [3.63, 3.8) is 0 Å². The monoisotopic (exact) mass is 236 g/mol. The molecule has 1 atom stereocenters. The molecule has 0 spiro atoms. The van der Waals surface area contributed by atoms with Gasteiger partial charge in [-0.15, -0.1) is 0 Å². The summed E-state index contributed by atoms with van der Waals surface area (Å²) < 4.78 is 5.89. The van der Waals surface area contributed by atoms with E-state index >= 15 is 0 Å². The molecule has 3 nitrogen and oxygen atoms in total. The van der Waals surface area contributed by atoms with Gasteiger partial charge in [-0.3, -0.25) is 0 Å². The van der Waals surface area contributed by atoms with Gasteiger partial charge >= 0.3 is 0 Å². The van der Waals surface area contributed by atoms with E-state index in [2.05, 4.69) is 36.2 Å². The zero-order chi connectivity index (χ0) is 12.7. The number of rotatable bonds is 7. The van der Waals surface area contributed by atoms with Crippen LogP contribution in [0.5, 0.6) is 5.75 Å². The fraction of sp³-hybridized carbons (Fsp3) is 0.571. The molecule has 0 aliphatic rings. The fourth-order valence-electron chi connectivity index (χ4n) is 1.61. The number of anilines is 1. The third kappa shape index (κ3) is 5.09. The summed E-state index contributed by atoms with van der Waals surface area (Å²) in [4.78, 5) is 2.08. The molecule has 0 radical (unpaired) electrons. The normalized spacial score (nSPS) is 12.2. The second-order valence-electron chi connectivity index (χ2n) is 4.46. The molecule has 0 aliphatic carbocycles. The second-order valence-corrected chi connectivity index (χ2v) is 4.46. The van der Waals surface area contributed by atoms with Crippen molar-refractivity contribution in [2.75, 3.05) is 32.1 Å². The molecule has 1 aromatic carbocycles. The minimum atomic E-state index is 0.242. The lowest BCUT2D eigenvalue weighted by Gasteiger charge is -2.17. The van der Waals surface area contributed by atoms with E-state index in [0.29, 0.717) is 0 Å². The van der Waals surface area contributed by atoms with Gasteiger partial charge < -0.3 is 15.0 Å². The van der Waals surface area contributed by atoms with Crippen LogP contribution in [0.25, 0.3) is 0 Å². The van der Waals surface area contributed by atoms with Crippen molar-refractivity contribution in [3.8, 4) is 5.75 Å². The van der Waals surface area contributed by atoms with Crippen molar-refractivity contribution in [3.05, 3.63) is 24.3 Å². The van der Waals surface area contributed by atoms with E-state index in [-0.39, 0.29) is 6.10 Å². The van der Waals surface area contributed by atoms with Crippen LogP contribution in [0.1, 0.15) is 20.3 Å². The van der Waals surface area contributed by atoms with Crippen molar-refractivity contribution in [2.45, 2.75) is 26.4 Å². The minimum absolute atomic E-state index is 0.242. The van der Waals surface area contributed by atoms with Crippen LogP contribution in [0, 0.1) is 0 Å². The molecule has 1 rings (SSSR count). The molecule has 17 heavy (non-hydrogen) atoms. The number of hydrogen-bond acceptors (Lipinski definition) is 3. The van der Waals surface area contributed by atoms with Crippen molar-refractivity contribution in [2.24, 2.45) is 0 Å². The quantitative estimate of drug-likeness (QED) is 0.736. The molecule has 0 saturated carbocycles. The average Bonchev–Trinajstić information content (AvgIpc) is 2.29. The first-order valence-electron chi connectivity index (χ1n) is 6.28. The highest BCUT2D eigenvalue weighted by atomic mass is 16.5. The van der Waals surface area contributed by atoms with E-state index in [4.69, 9.17) is 4.74 Å². The Kier molecular flexibility index (Phi) is 5.84. The third-order valence-corrected chi connectivity index (χ3v) is 2.65. The lowest BCUT2D eigenvalue weighted by molar-refractivity contribution is 0.210. The molecule has 1 unspecified atom stereocenters. The molecule has 0 heterocycles. The summed E-state index contributed by atoms with van der Waals surface area (Å²) in [7, 11) is 4.07. The lowest BCUT2D eigenvalue weighted by Crippen LogP contribution is -2.22. The van der Waals surface area contributed by atoms with Crippen molar-refractivity contribution < 1.29 is 4.74 Å². The Balaban J connectivity index is 2.47. The summed E-state index contributed by atoms with van der Waals surface area (Å²) in [5, 5.41) is 3.31. The first-order valence-corrected chi connectivity index (χ1v) is 6.28. The highest BCUT2D eigenvalue weighted by molar-refractivity contribution is 5.49. The van der Waals surface area contributed by atoms with E-state index in [1.54, 1.807) is 0 Å². The molecule has 0 saturated heterocycles. The third-order valence-electron chi connectivity index (χ3n) is 2.65. The molecule has 1 N–H and O–H groups in total. The summed E-state index contributed by atoms with van der Waals surface area (Å²) >= 11 is 0.